The van der Waals surface area contributed by atoms with Gasteiger partial charge in [-0.1, -0.05) is 67.6 Å². The fourth-order valence-corrected chi connectivity index (χ4v) is 3.02. The lowest BCUT2D eigenvalue weighted by atomic mass is 9.98. The van der Waals surface area contributed by atoms with Crippen LogP contribution < -0.4 is 14.8 Å². The number of methoxy groups -OCH3 is 1. The van der Waals surface area contributed by atoms with E-state index >= 15 is 0 Å². The van der Waals surface area contributed by atoms with Crippen LogP contribution in [0.25, 0.3) is 0 Å². The zero-order chi connectivity index (χ0) is 19.8. The van der Waals surface area contributed by atoms with Crippen LogP contribution in [0.3, 0.4) is 0 Å². The topological polar surface area (TPSA) is 47.6 Å². The van der Waals surface area contributed by atoms with E-state index in [2.05, 4.69) is 5.32 Å². The number of carbonyl (C=O) groups excluding carboxylic acids is 1. The molecule has 0 heterocycles. The van der Waals surface area contributed by atoms with E-state index in [9.17, 15) is 4.79 Å². The average molecular weight is 375 g/mol. The van der Waals surface area contributed by atoms with Crippen LogP contribution in [-0.2, 0) is 4.79 Å². The van der Waals surface area contributed by atoms with Gasteiger partial charge in [-0.05, 0) is 41.8 Å². The number of nitrogens with one attached hydrogen (secondary N) is 1. The summed E-state index contributed by atoms with van der Waals surface area (Å²) in [5.41, 5.74) is 1.99. The van der Waals surface area contributed by atoms with E-state index in [1.807, 2.05) is 91.9 Å². The van der Waals surface area contributed by atoms with Crippen LogP contribution in [0.15, 0.2) is 84.9 Å². The molecule has 1 N–H and O–H groups in total. The zero-order valence-corrected chi connectivity index (χ0v) is 16.2. The Labute approximate surface area is 166 Å². The van der Waals surface area contributed by atoms with E-state index in [1.54, 1.807) is 7.11 Å². The summed E-state index contributed by atoms with van der Waals surface area (Å²) in [6.45, 7) is 1.94. The Hall–Kier alpha value is -3.27. The monoisotopic (exact) mass is 375 g/mol. The molecule has 0 fully saturated rings. The maximum Gasteiger partial charge on any atom is 0.261 e. The van der Waals surface area contributed by atoms with Crippen molar-refractivity contribution in [2.24, 2.45) is 0 Å². The molecule has 0 radical (unpaired) electrons. The molecule has 0 aliphatic heterocycles. The van der Waals surface area contributed by atoms with Crippen molar-refractivity contribution in [3.05, 3.63) is 96.1 Å². The summed E-state index contributed by atoms with van der Waals surface area (Å²) in [5.74, 6) is 1.32. The van der Waals surface area contributed by atoms with Crippen LogP contribution in [0.2, 0.25) is 0 Å². The molecule has 28 heavy (non-hydrogen) atoms. The van der Waals surface area contributed by atoms with Gasteiger partial charge in [-0.3, -0.25) is 4.79 Å². The lowest BCUT2D eigenvalue weighted by molar-refractivity contribution is -0.128. The normalized spacial score (nSPS) is 12.6. The van der Waals surface area contributed by atoms with Crippen LogP contribution in [0, 0.1) is 0 Å². The van der Waals surface area contributed by atoms with Gasteiger partial charge < -0.3 is 14.8 Å². The van der Waals surface area contributed by atoms with Gasteiger partial charge in [-0.2, -0.15) is 0 Å². The van der Waals surface area contributed by atoms with Gasteiger partial charge in [0.2, 0.25) is 0 Å². The summed E-state index contributed by atoms with van der Waals surface area (Å²) in [6.07, 6.45) is 0.0112. The van der Waals surface area contributed by atoms with Gasteiger partial charge in [0.1, 0.15) is 11.5 Å². The molecule has 4 heteroatoms. The Bertz CT molecular complexity index is 863. The third-order valence-corrected chi connectivity index (χ3v) is 4.55. The number of hydrogen-bond donors (Lipinski definition) is 1. The van der Waals surface area contributed by atoms with Gasteiger partial charge in [0.25, 0.3) is 5.91 Å². The minimum Gasteiger partial charge on any atom is -0.497 e. The number of para-hydroxylation sites is 1. The van der Waals surface area contributed by atoms with Crippen LogP contribution in [0.4, 0.5) is 0 Å². The summed E-state index contributed by atoms with van der Waals surface area (Å²) >= 11 is 0. The highest BCUT2D eigenvalue weighted by molar-refractivity contribution is 5.82. The maximum absolute atomic E-state index is 13.0. The summed E-state index contributed by atoms with van der Waals surface area (Å²) in [6, 6.07) is 26.8. The number of rotatable bonds is 8. The van der Waals surface area contributed by atoms with Gasteiger partial charge in [-0.15, -0.1) is 0 Å². The van der Waals surface area contributed by atoms with E-state index in [4.69, 9.17) is 9.47 Å². The predicted octanol–water partition coefficient (Wildman–Crippen LogP) is 4.76. The molecule has 0 saturated carbocycles. The first kappa shape index (κ1) is 19.5. The summed E-state index contributed by atoms with van der Waals surface area (Å²) in [4.78, 5) is 13.0. The zero-order valence-electron chi connectivity index (χ0n) is 16.2. The SMILES string of the molecule is CC[C@H](Oc1ccccc1)C(=O)N[C@@H](c1ccccc1)c1ccc(OC)cc1. The van der Waals surface area contributed by atoms with Crippen molar-refractivity contribution in [3.8, 4) is 11.5 Å². The summed E-state index contributed by atoms with van der Waals surface area (Å²) < 4.78 is 11.2. The molecule has 0 aliphatic rings. The van der Waals surface area contributed by atoms with Crippen molar-refractivity contribution in [2.45, 2.75) is 25.5 Å². The van der Waals surface area contributed by atoms with Gasteiger partial charge in [0, 0.05) is 0 Å². The standard InChI is InChI=1S/C24H25NO3/c1-3-22(28-21-12-8-5-9-13-21)24(26)25-23(18-10-6-4-7-11-18)19-14-16-20(27-2)17-15-19/h4-17,22-23H,3H2,1-2H3,(H,25,26)/t22-,23-/m0/s1. The molecule has 0 spiro atoms. The number of hydrogen-bond acceptors (Lipinski definition) is 3. The molecule has 3 aromatic rings. The highest BCUT2D eigenvalue weighted by Gasteiger charge is 2.23. The molecule has 4 nitrogen and oxygen atoms in total. The minimum atomic E-state index is -0.563. The highest BCUT2D eigenvalue weighted by Crippen LogP contribution is 2.25. The average Bonchev–Trinajstić information content (AvgIpc) is 2.77. The molecule has 3 rings (SSSR count). The van der Waals surface area contributed by atoms with Gasteiger partial charge in [0.05, 0.1) is 13.2 Å². The first-order chi connectivity index (χ1) is 13.7. The number of ether oxygens (including phenoxy) is 2. The molecular weight excluding hydrogens is 350 g/mol. The maximum atomic E-state index is 13.0. The quantitative estimate of drug-likeness (QED) is 0.618. The van der Waals surface area contributed by atoms with Crippen LogP contribution in [-0.4, -0.2) is 19.1 Å². The second-order valence-corrected chi connectivity index (χ2v) is 6.45. The van der Waals surface area contributed by atoms with Gasteiger partial charge in [0.15, 0.2) is 6.10 Å². The number of benzene rings is 3. The van der Waals surface area contributed by atoms with Crippen LogP contribution in [0.1, 0.15) is 30.5 Å². The lowest BCUT2D eigenvalue weighted by Crippen LogP contribution is -2.40. The Morgan fingerprint density at radius 1 is 0.821 bits per heavy atom. The molecule has 1 amide bonds. The molecule has 3 aromatic carbocycles. The second-order valence-electron chi connectivity index (χ2n) is 6.45. The van der Waals surface area contributed by atoms with E-state index in [0.717, 1.165) is 16.9 Å². The summed E-state index contributed by atoms with van der Waals surface area (Å²) in [7, 11) is 1.64. The van der Waals surface area contributed by atoms with E-state index in [0.29, 0.717) is 12.2 Å². The molecule has 2 atom stereocenters. The van der Waals surface area contributed by atoms with E-state index in [-0.39, 0.29) is 11.9 Å². The smallest absolute Gasteiger partial charge is 0.261 e. The van der Waals surface area contributed by atoms with E-state index < -0.39 is 6.10 Å². The van der Waals surface area contributed by atoms with Crippen molar-refractivity contribution in [2.75, 3.05) is 7.11 Å². The minimum absolute atomic E-state index is 0.143. The van der Waals surface area contributed by atoms with Crippen LogP contribution in [0.5, 0.6) is 11.5 Å². The first-order valence-electron chi connectivity index (χ1n) is 9.42. The Balaban J connectivity index is 1.82. The molecule has 0 aromatic heterocycles. The number of carbonyl (C=O) groups is 1. The third-order valence-electron chi connectivity index (χ3n) is 4.55. The molecule has 0 bridgehead atoms. The third kappa shape index (κ3) is 4.92. The van der Waals surface area contributed by atoms with Crippen LogP contribution >= 0.6 is 0 Å². The van der Waals surface area contributed by atoms with E-state index in [1.165, 1.54) is 0 Å². The van der Waals surface area contributed by atoms with Crippen molar-refractivity contribution < 1.29 is 14.3 Å². The largest absolute Gasteiger partial charge is 0.497 e. The predicted molar refractivity (Wildman–Crippen MR) is 111 cm³/mol. The lowest BCUT2D eigenvalue weighted by Gasteiger charge is -2.24. The summed E-state index contributed by atoms with van der Waals surface area (Å²) in [5, 5.41) is 3.15. The molecule has 144 valence electrons. The van der Waals surface area contributed by atoms with Gasteiger partial charge in [-0.25, -0.2) is 0 Å². The Kier molecular flexibility index (Phi) is 6.68. The van der Waals surface area contributed by atoms with Crippen molar-refractivity contribution in [3.63, 3.8) is 0 Å². The molecule has 0 aliphatic carbocycles. The Morgan fingerprint density at radius 2 is 1.39 bits per heavy atom. The van der Waals surface area contributed by atoms with Crippen molar-refractivity contribution in [1.82, 2.24) is 5.32 Å². The molecule has 0 saturated heterocycles. The molecular formula is C24H25NO3. The first-order valence-corrected chi connectivity index (χ1v) is 9.42. The highest BCUT2D eigenvalue weighted by atomic mass is 16.5. The fraction of sp³-hybridized carbons (Fsp3) is 0.208. The number of amides is 1. The van der Waals surface area contributed by atoms with Crippen molar-refractivity contribution >= 4 is 5.91 Å². The molecule has 0 unspecified atom stereocenters. The van der Waals surface area contributed by atoms with Crippen molar-refractivity contribution in [1.29, 1.82) is 0 Å². The van der Waals surface area contributed by atoms with Gasteiger partial charge >= 0.3 is 0 Å². The Morgan fingerprint density at radius 3 is 1.96 bits per heavy atom. The fourth-order valence-electron chi connectivity index (χ4n) is 3.02. The second kappa shape index (κ2) is 9.60.